The summed E-state index contributed by atoms with van der Waals surface area (Å²) < 4.78 is 0.787. The van der Waals surface area contributed by atoms with Gasteiger partial charge in [0.1, 0.15) is 0 Å². The van der Waals surface area contributed by atoms with E-state index in [1.807, 2.05) is 24.3 Å². The van der Waals surface area contributed by atoms with E-state index in [1.165, 1.54) is 0 Å². The summed E-state index contributed by atoms with van der Waals surface area (Å²) in [5.41, 5.74) is 1.90. The predicted octanol–water partition coefficient (Wildman–Crippen LogP) is 4.72. The summed E-state index contributed by atoms with van der Waals surface area (Å²) in [6.45, 7) is 0. The number of H-pyrrole nitrogens is 1. The first-order valence-corrected chi connectivity index (χ1v) is 5.47. The van der Waals surface area contributed by atoms with Crippen LogP contribution in [0.5, 0.6) is 0 Å². The van der Waals surface area contributed by atoms with Crippen molar-refractivity contribution in [2.24, 2.45) is 0 Å². The molecule has 0 saturated carbocycles. The van der Waals surface area contributed by atoms with Gasteiger partial charge in [0, 0.05) is 16.4 Å². The molecule has 1 heterocycles. The van der Waals surface area contributed by atoms with Crippen LogP contribution >= 0.6 is 35.4 Å². The first-order chi connectivity index (χ1) is 7.16. The van der Waals surface area contributed by atoms with Crippen LogP contribution in [0, 0.1) is 4.51 Å². The zero-order valence-electron chi connectivity index (χ0n) is 7.63. The van der Waals surface area contributed by atoms with E-state index >= 15 is 0 Å². The molecule has 2 aromatic rings. The number of hydrogen-bond acceptors (Lipinski definition) is 1. The highest BCUT2D eigenvalue weighted by molar-refractivity contribution is 7.71. The Bertz CT molecular complexity index is 548. The molecular formula is C11H7Cl2NS. The standard InChI is InChI=1S/C11H7Cl2NS/c12-9-2-1-7(5-10(9)13)11-6-8(15)3-4-14-11/h1-6H,(H,14,15). The second kappa shape index (κ2) is 4.35. The number of halogens is 2. The van der Waals surface area contributed by atoms with Crippen LogP contribution in [0.1, 0.15) is 0 Å². The lowest BCUT2D eigenvalue weighted by Gasteiger charge is -2.03. The number of hydrogen-bond donors (Lipinski definition) is 1. The first-order valence-electron chi connectivity index (χ1n) is 4.31. The summed E-state index contributed by atoms with van der Waals surface area (Å²) >= 11 is 16.8. The van der Waals surface area contributed by atoms with Gasteiger partial charge in [-0.15, -0.1) is 0 Å². The molecule has 0 unspecified atom stereocenters. The van der Waals surface area contributed by atoms with E-state index in [4.69, 9.17) is 35.4 Å². The molecule has 0 spiro atoms. The SMILES string of the molecule is S=c1cc[nH]c(-c2ccc(Cl)c(Cl)c2)c1. The molecule has 4 heteroatoms. The van der Waals surface area contributed by atoms with Gasteiger partial charge in [0.15, 0.2) is 0 Å². The highest BCUT2D eigenvalue weighted by Gasteiger charge is 2.01. The second-order valence-corrected chi connectivity index (χ2v) is 4.35. The van der Waals surface area contributed by atoms with Gasteiger partial charge >= 0.3 is 0 Å². The van der Waals surface area contributed by atoms with Crippen LogP contribution in [0.3, 0.4) is 0 Å². The average molecular weight is 256 g/mol. The largest absolute Gasteiger partial charge is 0.361 e. The van der Waals surface area contributed by atoms with Crippen LogP contribution < -0.4 is 0 Å². The van der Waals surface area contributed by atoms with Crippen LogP contribution in [0.2, 0.25) is 10.0 Å². The quantitative estimate of drug-likeness (QED) is 0.730. The highest BCUT2D eigenvalue weighted by atomic mass is 35.5. The number of benzene rings is 1. The molecular weight excluding hydrogens is 249 g/mol. The van der Waals surface area contributed by atoms with E-state index in [0.717, 1.165) is 15.8 Å². The van der Waals surface area contributed by atoms with Crippen molar-refractivity contribution >= 4 is 35.4 Å². The molecule has 0 amide bonds. The van der Waals surface area contributed by atoms with Gasteiger partial charge in [-0.3, -0.25) is 0 Å². The fraction of sp³-hybridized carbons (Fsp3) is 0. The van der Waals surface area contributed by atoms with E-state index < -0.39 is 0 Å². The van der Waals surface area contributed by atoms with Crippen molar-refractivity contribution in [1.29, 1.82) is 0 Å². The van der Waals surface area contributed by atoms with Gasteiger partial charge in [0.05, 0.1) is 10.0 Å². The van der Waals surface area contributed by atoms with Crippen molar-refractivity contribution in [2.75, 3.05) is 0 Å². The third-order valence-electron chi connectivity index (χ3n) is 2.00. The lowest BCUT2D eigenvalue weighted by molar-refractivity contribution is 1.32. The summed E-state index contributed by atoms with van der Waals surface area (Å²) in [7, 11) is 0. The minimum atomic E-state index is 0.539. The third kappa shape index (κ3) is 2.40. The van der Waals surface area contributed by atoms with Crippen LogP contribution in [-0.4, -0.2) is 4.98 Å². The van der Waals surface area contributed by atoms with Crippen LogP contribution in [-0.2, 0) is 0 Å². The molecule has 0 aliphatic heterocycles. The van der Waals surface area contributed by atoms with Crippen LogP contribution in [0.4, 0.5) is 0 Å². The van der Waals surface area contributed by atoms with Gasteiger partial charge in [0.25, 0.3) is 0 Å². The maximum absolute atomic E-state index is 5.93. The molecule has 15 heavy (non-hydrogen) atoms. The monoisotopic (exact) mass is 255 g/mol. The average Bonchev–Trinajstić information content (AvgIpc) is 2.22. The van der Waals surface area contributed by atoms with Crippen molar-refractivity contribution in [2.45, 2.75) is 0 Å². The number of aromatic nitrogens is 1. The maximum atomic E-state index is 5.93. The van der Waals surface area contributed by atoms with E-state index in [9.17, 15) is 0 Å². The molecule has 1 N–H and O–H groups in total. The minimum absolute atomic E-state index is 0.539. The van der Waals surface area contributed by atoms with Gasteiger partial charge in [-0.1, -0.05) is 41.5 Å². The molecule has 0 atom stereocenters. The zero-order chi connectivity index (χ0) is 10.8. The van der Waals surface area contributed by atoms with Gasteiger partial charge in [-0.05, 0) is 29.8 Å². The Hall–Kier alpha value is -0.830. The summed E-state index contributed by atoms with van der Waals surface area (Å²) in [5.74, 6) is 0. The van der Waals surface area contributed by atoms with Crippen LogP contribution in [0.25, 0.3) is 11.3 Å². The van der Waals surface area contributed by atoms with Gasteiger partial charge in [-0.25, -0.2) is 0 Å². The Labute approximate surface area is 103 Å². The van der Waals surface area contributed by atoms with Crippen molar-refractivity contribution in [3.8, 4) is 11.3 Å². The lowest BCUT2D eigenvalue weighted by atomic mass is 10.1. The van der Waals surface area contributed by atoms with Crippen molar-refractivity contribution in [1.82, 2.24) is 4.98 Å². The fourth-order valence-electron chi connectivity index (χ4n) is 1.28. The van der Waals surface area contributed by atoms with E-state index in [0.29, 0.717) is 10.0 Å². The molecule has 1 aromatic carbocycles. The number of aromatic amines is 1. The predicted molar refractivity (Wildman–Crippen MR) is 67.1 cm³/mol. The Morgan fingerprint density at radius 2 is 1.80 bits per heavy atom. The molecule has 0 saturated heterocycles. The topological polar surface area (TPSA) is 15.8 Å². The highest BCUT2D eigenvalue weighted by Crippen LogP contribution is 2.27. The summed E-state index contributed by atoms with van der Waals surface area (Å²) in [4.78, 5) is 3.10. The zero-order valence-corrected chi connectivity index (χ0v) is 9.96. The normalized spacial score (nSPS) is 10.3. The number of pyridine rings is 1. The molecule has 0 aliphatic carbocycles. The van der Waals surface area contributed by atoms with Gasteiger partial charge in [-0.2, -0.15) is 0 Å². The third-order valence-corrected chi connectivity index (χ3v) is 3.00. The van der Waals surface area contributed by atoms with E-state index in [1.54, 1.807) is 12.3 Å². The van der Waals surface area contributed by atoms with Gasteiger partial charge in [0.2, 0.25) is 0 Å². The maximum Gasteiger partial charge on any atom is 0.0599 e. The molecule has 1 aromatic heterocycles. The Morgan fingerprint density at radius 1 is 1.00 bits per heavy atom. The fourth-order valence-corrected chi connectivity index (χ4v) is 1.76. The van der Waals surface area contributed by atoms with E-state index in [-0.39, 0.29) is 0 Å². The molecule has 0 radical (unpaired) electrons. The first kappa shape index (κ1) is 10.7. The molecule has 0 bridgehead atoms. The number of nitrogens with one attached hydrogen (secondary N) is 1. The number of rotatable bonds is 1. The second-order valence-electron chi connectivity index (χ2n) is 3.07. The lowest BCUT2D eigenvalue weighted by Crippen LogP contribution is -1.82. The Balaban J connectivity index is 2.55. The molecule has 1 nitrogen and oxygen atoms in total. The van der Waals surface area contributed by atoms with Crippen molar-refractivity contribution in [3.63, 3.8) is 0 Å². The Kier molecular flexibility index (Phi) is 3.10. The summed E-state index contributed by atoms with van der Waals surface area (Å²) in [6, 6.07) is 9.19. The van der Waals surface area contributed by atoms with E-state index in [2.05, 4.69) is 4.98 Å². The Morgan fingerprint density at radius 3 is 2.47 bits per heavy atom. The van der Waals surface area contributed by atoms with Crippen molar-refractivity contribution < 1.29 is 0 Å². The molecule has 76 valence electrons. The minimum Gasteiger partial charge on any atom is -0.361 e. The van der Waals surface area contributed by atoms with Crippen molar-refractivity contribution in [3.05, 3.63) is 51.1 Å². The van der Waals surface area contributed by atoms with Crippen LogP contribution in [0.15, 0.2) is 36.5 Å². The smallest absolute Gasteiger partial charge is 0.0599 e. The summed E-state index contributed by atoms with van der Waals surface area (Å²) in [6.07, 6.45) is 1.81. The summed E-state index contributed by atoms with van der Waals surface area (Å²) in [5, 5.41) is 1.09. The molecule has 0 fully saturated rings. The van der Waals surface area contributed by atoms with Gasteiger partial charge < -0.3 is 4.98 Å². The molecule has 0 aliphatic rings. The molecule has 2 rings (SSSR count).